The quantitative estimate of drug-likeness (QED) is 0.277. The first-order valence-electron chi connectivity index (χ1n) is 11.4. The van der Waals surface area contributed by atoms with E-state index in [1.165, 1.54) is 16.3 Å². The van der Waals surface area contributed by atoms with Crippen LogP contribution in [0.2, 0.25) is 0 Å². The Labute approximate surface area is 199 Å². The standard InChI is InChI=1S/C29H26N2O3/c1-33-28-16-20(18-30-31-29(32)26-17-25(26)22-8-3-2-4-9-22)14-15-27(28)34-19-23-12-7-11-21-10-5-6-13-24(21)23/h2-16,18,25-26H,17,19H2,1H3,(H,31,32)/t25-,26+/m1/s1. The van der Waals surface area contributed by atoms with Crippen LogP contribution in [0.5, 0.6) is 11.5 Å². The first-order valence-corrected chi connectivity index (χ1v) is 11.4. The Hall–Kier alpha value is -4.12. The topological polar surface area (TPSA) is 59.9 Å². The highest BCUT2D eigenvalue weighted by atomic mass is 16.5. The van der Waals surface area contributed by atoms with Gasteiger partial charge in [-0.2, -0.15) is 5.10 Å². The number of nitrogens with zero attached hydrogens (tertiary/aromatic N) is 1. The smallest absolute Gasteiger partial charge is 0.243 e. The summed E-state index contributed by atoms with van der Waals surface area (Å²) in [4.78, 5) is 12.4. The molecule has 0 radical (unpaired) electrons. The summed E-state index contributed by atoms with van der Waals surface area (Å²) in [7, 11) is 1.61. The molecule has 1 aliphatic carbocycles. The molecule has 0 bridgehead atoms. The van der Waals surface area contributed by atoms with Crippen molar-refractivity contribution in [3.63, 3.8) is 0 Å². The summed E-state index contributed by atoms with van der Waals surface area (Å²) in [6, 6.07) is 30.2. The van der Waals surface area contributed by atoms with Crippen LogP contribution in [-0.4, -0.2) is 19.2 Å². The number of hydrogen-bond acceptors (Lipinski definition) is 4. The first kappa shape index (κ1) is 21.7. The van der Waals surface area contributed by atoms with Crippen molar-refractivity contribution in [2.24, 2.45) is 11.0 Å². The van der Waals surface area contributed by atoms with Crippen LogP contribution in [0.3, 0.4) is 0 Å². The summed E-state index contributed by atoms with van der Waals surface area (Å²) < 4.78 is 11.6. The number of ether oxygens (including phenoxy) is 2. The Kier molecular flexibility index (Phi) is 6.25. The summed E-state index contributed by atoms with van der Waals surface area (Å²) in [6.45, 7) is 0.436. The minimum Gasteiger partial charge on any atom is -0.493 e. The molecular formula is C29H26N2O3. The molecule has 5 nitrogen and oxygen atoms in total. The summed E-state index contributed by atoms with van der Waals surface area (Å²) in [5.74, 6) is 1.49. The highest BCUT2D eigenvalue weighted by Crippen LogP contribution is 2.47. The molecule has 1 saturated carbocycles. The van der Waals surface area contributed by atoms with Crippen LogP contribution in [0.15, 0.2) is 96.1 Å². The van der Waals surface area contributed by atoms with Crippen molar-refractivity contribution in [3.05, 3.63) is 108 Å². The Morgan fingerprint density at radius 2 is 1.76 bits per heavy atom. The number of hydrogen-bond donors (Lipinski definition) is 1. The molecule has 34 heavy (non-hydrogen) atoms. The molecule has 4 aromatic carbocycles. The Morgan fingerprint density at radius 1 is 0.971 bits per heavy atom. The normalized spacial score (nSPS) is 17.0. The van der Waals surface area contributed by atoms with Gasteiger partial charge in [-0.25, -0.2) is 5.43 Å². The number of amides is 1. The fourth-order valence-electron chi connectivity index (χ4n) is 4.26. The first-order chi connectivity index (χ1) is 16.7. The summed E-state index contributed by atoms with van der Waals surface area (Å²) in [5.41, 5.74) is 5.79. The van der Waals surface area contributed by atoms with Crippen LogP contribution in [-0.2, 0) is 11.4 Å². The molecule has 0 spiro atoms. The van der Waals surface area contributed by atoms with Crippen LogP contribution in [0, 0.1) is 5.92 Å². The van der Waals surface area contributed by atoms with Crippen LogP contribution < -0.4 is 14.9 Å². The number of nitrogens with one attached hydrogen (secondary N) is 1. The monoisotopic (exact) mass is 450 g/mol. The van der Waals surface area contributed by atoms with E-state index in [2.05, 4.69) is 46.9 Å². The fourth-order valence-corrected chi connectivity index (χ4v) is 4.26. The van der Waals surface area contributed by atoms with Gasteiger partial charge in [-0.15, -0.1) is 0 Å². The average molecular weight is 451 g/mol. The van der Waals surface area contributed by atoms with E-state index in [1.807, 2.05) is 54.6 Å². The molecule has 0 aromatic heterocycles. The number of hydrazone groups is 1. The van der Waals surface area contributed by atoms with Crippen LogP contribution in [0.25, 0.3) is 10.8 Å². The van der Waals surface area contributed by atoms with E-state index in [9.17, 15) is 4.79 Å². The lowest BCUT2D eigenvalue weighted by Gasteiger charge is -2.12. The SMILES string of the molecule is COc1cc(C=NNC(=O)[C@H]2C[C@@H]2c2ccccc2)ccc1OCc1cccc2ccccc12. The van der Waals surface area contributed by atoms with Gasteiger partial charge in [0, 0.05) is 5.92 Å². The van der Waals surface area contributed by atoms with E-state index >= 15 is 0 Å². The molecule has 1 fully saturated rings. The molecule has 1 aliphatic rings. The summed E-state index contributed by atoms with van der Waals surface area (Å²) in [5, 5.41) is 6.50. The molecule has 5 heteroatoms. The molecule has 1 amide bonds. The van der Waals surface area contributed by atoms with Gasteiger partial charge in [0.2, 0.25) is 5.91 Å². The summed E-state index contributed by atoms with van der Waals surface area (Å²) >= 11 is 0. The van der Waals surface area contributed by atoms with Crippen LogP contribution in [0.4, 0.5) is 0 Å². The van der Waals surface area contributed by atoms with Gasteiger partial charge < -0.3 is 9.47 Å². The van der Waals surface area contributed by atoms with Crippen molar-refractivity contribution in [2.75, 3.05) is 7.11 Å². The molecule has 0 saturated heterocycles. The molecule has 1 N–H and O–H groups in total. The van der Waals surface area contributed by atoms with Gasteiger partial charge in [0.25, 0.3) is 0 Å². The second-order valence-corrected chi connectivity index (χ2v) is 8.43. The zero-order valence-corrected chi connectivity index (χ0v) is 19.0. The van der Waals surface area contributed by atoms with Crippen molar-refractivity contribution < 1.29 is 14.3 Å². The lowest BCUT2D eigenvalue weighted by atomic mass is 10.1. The number of carbonyl (C=O) groups is 1. The molecule has 170 valence electrons. The maximum atomic E-state index is 12.4. The van der Waals surface area contributed by atoms with Gasteiger partial charge in [0.15, 0.2) is 11.5 Å². The summed E-state index contributed by atoms with van der Waals surface area (Å²) in [6.07, 6.45) is 2.48. The van der Waals surface area contributed by atoms with E-state index in [-0.39, 0.29) is 17.7 Å². The predicted octanol–water partition coefficient (Wildman–Crippen LogP) is 5.68. The second-order valence-electron chi connectivity index (χ2n) is 8.43. The van der Waals surface area contributed by atoms with Gasteiger partial charge in [0.05, 0.1) is 13.3 Å². The van der Waals surface area contributed by atoms with Crippen molar-refractivity contribution in [1.82, 2.24) is 5.43 Å². The number of fused-ring (bicyclic) bond motifs is 1. The van der Waals surface area contributed by atoms with E-state index < -0.39 is 0 Å². The molecule has 0 unspecified atom stereocenters. The lowest BCUT2D eigenvalue weighted by molar-refractivity contribution is -0.122. The van der Waals surface area contributed by atoms with Gasteiger partial charge in [0.1, 0.15) is 6.61 Å². The average Bonchev–Trinajstić information content (AvgIpc) is 3.69. The molecule has 5 rings (SSSR count). The molecule has 0 aliphatic heterocycles. The minimum absolute atomic E-state index is 0.0149. The third kappa shape index (κ3) is 4.79. The molecule has 0 heterocycles. The fraction of sp³-hybridized carbons (Fsp3) is 0.172. The third-order valence-electron chi connectivity index (χ3n) is 6.19. The van der Waals surface area contributed by atoms with E-state index in [1.54, 1.807) is 13.3 Å². The van der Waals surface area contributed by atoms with Gasteiger partial charge in [-0.05, 0) is 58.0 Å². The van der Waals surface area contributed by atoms with Crippen molar-refractivity contribution in [1.29, 1.82) is 0 Å². The molecule has 4 aromatic rings. The van der Waals surface area contributed by atoms with E-state index in [4.69, 9.17) is 9.47 Å². The second kappa shape index (κ2) is 9.79. The largest absolute Gasteiger partial charge is 0.493 e. The third-order valence-corrected chi connectivity index (χ3v) is 6.19. The maximum absolute atomic E-state index is 12.4. The van der Waals surface area contributed by atoms with Crippen molar-refractivity contribution >= 4 is 22.9 Å². The van der Waals surface area contributed by atoms with Crippen molar-refractivity contribution in [2.45, 2.75) is 18.9 Å². The zero-order chi connectivity index (χ0) is 23.3. The Morgan fingerprint density at radius 3 is 2.62 bits per heavy atom. The highest BCUT2D eigenvalue weighted by molar-refractivity contribution is 5.86. The number of benzene rings is 4. The van der Waals surface area contributed by atoms with Gasteiger partial charge in [-0.1, -0.05) is 72.8 Å². The number of carbonyl (C=O) groups excluding carboxylic acids is 1. The van der Waals surface area contributed by atoms with E-state index in [0.717, 1.165) is 17.5 Å². The van der Waals surface area contributed by atoms with Crippen molar-refractivity contribution in [3.8, 4) is 11.5 Å². The van der Waals surface area contributed by atoms with Crippen LogP contribution >= 0.6 is 0 Å². The lowest BCUT2D eigenvalue weighted by Crippen LogP contribution is -2.20. The van der Waals surface area contributed by atoms with E-state index in [0.29, 0.717) is 18.1 Å². The number of methoxy groups -OCH3 is 1. The minimum atomic E-state index is -0.0490. The predicted molar refractivity (Wildman–Crippen MR) is 134 cm³/mol. The number of rotatable bonds is 8. The maximum Gasteiger partial charge on any atom is 0.243 e. The zero-order valence-electron chi connectivity index (χ0n) is 19.0. The highest BCUT2D eigenvalue weighted by Gasteiger charge is 2.43. The molecular weight excluding hydrogens is 424 g/mol. The molecule has 2 atom stereocenters. The van der Waals surface area contributed by atoms with Gasteiger partial charge in [-0.3, -0.25) is 4.79 Å². The Bertz CT molecular complexity index is 1330. The van der Waals surface area contributed by atoms with Crippen LogP contribution in [0.1, 0.15) is 29.0 Å². The Balaban J connectivity index is 1.20. The van der Waals surface area contributed by atoms with Gasteiger partial charge >= 0.3 is 0 Å².